The number of hydrogen-bond acceptors (Lipinski definition) is 3. The van der Waals surface area contributed by atoms with E-state index in [0.29, 0.717) is 5.02 Å². The SMILES string of the molecule is OC[C@@H]1CC[C@@](CO)(c2ccc(Cl)cc2)O1. The van der Waals surface area contributed by atoms with Crippen LogP contribution >= 0.6 is 11.6 Å². The molecule has 0 aliphatic carbocycles. The Hall–Kier alpha value is -0.610. The fourth-order valence-electron chi connectivity index (χ4n) is 2.13. The number of rotatable bonds is 3. The maximum absolute atomic E-state index is 9.51. The lowest BCUT2D eigenvalue weighted by Gasteiger charge is -2.27. The molecule has 0 amide bonds. The van der Waals surface area contributed by atoms with Gasteiger partial charge in [-0.25, -0.2) is 0 Å². The van der Waals surface area contributed by atoms with Crippen molar-refractivity contribution in [3.63, 3.8) is 0 Å². The van der Waals surface area contributed by atoms with Gasteiger partial charge in [-0.3, -0.25) is 0 Å². The van der Waals surface area contributed by atoms with Gasteiger partial charge in [0.1, 0.15) is 5.60 Å². The van der Waals surface area contributed by atoms with Crippen molar-refractivity contribution in [3.8, 4) is 0 Å². The van der Waals surface area contributed by atoms with E-state index >= 15 is 0 Å². The highest BCUT2D eigenvalue weighted by Gasteiger charge is 2.40. The van der Waals surface area contributed by atoms with Crippen molar-refractivity contribution in [2.24, 2.45) is 0 Å². The summed E-state index contributed by atoms with van der Waals surface area (Å²) in [4.78, 5) is 0. The molecule has 1 aliphatic heterocycles. The molecule has 3 nitrogen and oxygen atoms in total. The lowest BCUT2D eigenvalue weighted by atomic mass is 9.91. The molecule has 0 aromatic heterocycles. The lowest BCUT2D eigenvalue weighted by Crippen LogP contribution is -2.31. The van der Waals surface area contributed by atoms with E-state index in [0.717, 1.165) is 18.4 Å². The van der Waals surface area contributed by atoms with Gasteiger partial charge in [-0.1, -0.05) is 23.7 Å². The second kappa shape index (κ2) is 4.72. The van der Waals surface area contributed by atoms with Crippen molar-refractivity contribution in [3.05, 3.63) is 34.9 Å². The molecule has 1 fully saturated rings. The van der Waals surface area contributed by atoms with E-state index in [9.17, 15) is 5.11 Å². The molecule has 1 saturated heterocycles. The first-order chi connectivity index (χ1) is 7.70. The maximum atomic E-state index is 9.51. The van der Waals surface area contributed by atoms with Gasteiger partial charge in [0.25, 0.3) is 0 Å². The van der Waals surface area contributed by atoms with Gasteiger partial charge in [0.05, 0.1) is 19.3 Å². The molecule has 16 heavy (non-hydrogen) atoms. The minimum absolute atomic E-state index is 0.00462. The first-order valence-electron chi connectivity index (χ1n) is 5.36. The molecular weight excluding hydrogens is 228 g/mol. The van der Waals surface area contributed by atoms with Gasteiger partial charge in [0.2, 0.25) is 0 Å². The quantitative estimate of drug-likeness (QED) is 0.848. The van der Waals surface area contributed by atoms with E-state index in [1.807, 2.05) is 12.1 Å². The van der Waals surface area contributed by atoms with E-state index in [-0.39, 0.29) is 19.3 Å². The van der Waals surface area contributed by atoms with Gasteiger partial charge in [0.15, 0.2) is 0 Å². The predicted octanol–water partition coefficient (Wildman–Crippen LogP) is 1.70. The molecule has 2 rings (SSSR count). The van der Waals surface area contributed by atoms with Gasteiger partial charge >= 0.3 is 0 Å². The van der Waals surface area contributed by atoms with E-state index < -0.39 is 5.60 Å². The highest BCUT2D eigenvalue weighted by atomic mass is 35.5. The Kier molecular flexibility index (Phi) is 3.50. The fourth-order valence-corrected chi connectivity index (χ4v) is 2.26. The van der Waals surface area contributed by atoms with Crippen molar-refractivity contribution >= 4 is 11.6 Å². The van der Waals surface area contributed by atoms with E-state index in [4.69, 9.17) is 21.4 Å². The van der Waals surface area contributed by atoms with Gasteiger partial charge in [-0.15, -0.1) is 0 Å². The summed E-state index contributed by atoms with van der Waals surface area (Å²) < 4.78 is 5.73. The number of hydrogen-bond donors (Lipinski definition) is 2. The minimum atomic E-state index is -0.669. The highest BCUT2D eigenvalue weighted by Crippen LogP contribution is 2.39. The second-order valence-electron chi connectivity index (χ2n) is 4.12. The fraction of sp³-hybridized carbons (Fsp3) is 0.500. The van der Waals surface area contributed by atoms with E-state index in [2.05, 4.69) is 0 Å². The van der Waals surface area contributed by atoms with Gasteiger partial charge < -0.3 is 14.9 Å². The molecule has 0 unspecified atom stereocenters. The highest BCUT2D eigenvalue weighted by molar-refractivity contribution is 6.30. The van der Waals surface area contributed by atoms with Crippen LogP contribution < -0.4 is 0 Å². The van der Waals surface area contributed by atoms with Gasteiger partial charge in [0, 0.05) is 5.02 Å². The molecule has 2 atom stereocenters. The van der Waals surface area contributed by atoms with Crippen LogP contribution in [0, 0.1) is 0 Å². The minimum Gasteiger partial charge on any atom is -0.394 e. The Morgan fingerprint density at radius 2 is 2.00 bits per heavy atom. The van der Waals surface area contributed by atoms with Gasteiger partial charge in [-0.2, -0.15) is 0 Å². The monoisotopic (exact) mass is 242 g/mol. The average molecular weight is 243 g/mol. The van der Waals surface area contributed by atoms with Crippen molar-refractivity contribution in [1.29, 1.82) is 0 Å². The summed E-state index contributed by atoms with van der Waals surface area (Å²) in [7, 11) is 0. The summed E-state index contributed by atoms with van der Waals surface area (Å²) in [6, 6.07) is 7.28. The number of halogens is 1. The molecule has 2 N–H and O–H groups in total. The van der Waals surface area contributed by atoms with Crippen molar-refractivity contribution in [1.82, 2.24) is 0 Å². The Morgan fingerprint density at radius 3 is 2.50 bits per heavy atom. The van der Waals surface area contributed by atoms with Crippen molar-refractivity contribution in [2.45, 2.75) is 24.5 Å². The zero-order chi connectivity index (χ0) is 11.6. The van der Waals surface area contributed by atoms with Gasteiger partial charge in [-0.05, 0) is 30.5 Å². The summed E-state index contributed by atoms with van der Waals surface area (Å²) in [5, 5.41) is 19.2. The van der Waals surface area contributed by atoms with Crippen LogP contribution in [0.5, 0.6) is 0 Å². The third-order valence-corrected chi connectivity index (χ3v) is 3.34. The molecule has 88 valence electrons. The van der Waals surface area contributed by atoms with Crippen LogP contribution in [0.1, 0.15) is 18.4 Å². The Bertz CT molecular complexity index is 352. The molecule has 4 heteroatoms. The van der Waals surface area contributed by atoms with Crippen LogP contribution in [0.3, 0.4) is 0 Å². The smallest absolute Gasteiger partial charge is 0.117 e. The first kappa shape index (κ1) is 11.9. The third-order valence-electron chi connectivity index (χ3n) is 3.09. The number of aliphatic hydroxyl groups is 2. The molecule has 1 aromatic carbocycles. The Morgan fingerprint density at radius 1 is 1.31 bits per heavy atom. The zero-order valence-corrected chi connectivity index (χ0v) is 9.65. The van der Waals surface area contributed by atoms with Crippen LogP contribution in [0.2, 0.25) is 5.02 Å². The summed E-state index contributed by atoms with van der Waals surface area (Å²) in [5.41, 5.74) is 0.244. The molecular formula is C12H15ClO3. The Labute approximate surface area is 99.6 Å². The summed E-state index contributed by atoms with van der Waals surface area (Å²) >= 11 is 5.82. The number of benzene rings is 1. The number of aliphatic hydroxyl groups excluding tert-OH is 2. The third kappa shape index (κ3) is 2.09. The standard InChI is InChI=1S/C12H15ClO3/c13-10-3-1-9(2-4-10)12(8-15)6-5-11(7-14)16-12/h1-4,11,14-15H,5-8H2/t11-,12+/m0/s1. The molecule has 0 bridgehead atoms. The predicted molar refractivity (Wildman–Crippen MR) is 61.4 cm³/mol. The summed E-state index contributed by atoms with van der Waals surface area (Å²) in [6.07, 6.45) is 1.30. The van der Waals surface area contributed by atoms with Crippen LogP contribution in [-0.2, 0) is 10.3 Å². The summed E-state index contributed by atoms with van der Waals surface area (Å²) in [5.74, 6) is 0. The first-order valence-corrected chi connectivity index (χ1v) is 5.73. The lowest BCUT2D eigenvalue weighted by molar-refractivity contribution is -0.0907. The normalized spacial score (nSPS) is 29.6. The van der Waals surface area contributed by atoms with E-state index in [1.165, 1.54) is 0 Å². The molecule has 0 spiro atoms. The zero-order valence-electron chi connectivity index (χ0n) is 8.90. The van der Waals surface area contributed by atoms with Crippen LogP contribution in [0.25, 0.3) is 0 Å². The van der Waals surface area contributed by atoms with Crippen molar-refractivity contribution in [2.75, 3.05) is 13.2 Å². The maximum Gasteiger partial charge on any atom is 0.117 e. The molecule has 1 aliphatic rings. The average Bonchev–Trinajstić information content (AvgIpc) is 2.75. The van der Waals surface area contributed by atoms with Crippen molar-refractivity contribution < 1.29 is 14.9 Å². The van der Waals surface area contributed by atoms with Crippen LogP contribution in [0.4, 0.5) is 0 Å². The second-order valence-corrected chi connectivity index (χ2v) is 4.56. The van der Waals surface area contributed by atoms with E-state index in [1.54, 1.807) is 12.1 Å². The largest absolute Gasteiger partial charge is 0.394 e. The number of ether oxygens (including phenoxy) is 1. The molecule has 1 heterocycles. The topological polar surface area (TPSA) is 49.7 Å². The summed E-state index contributed by atoms with van der Waals surface area (Å²) in [6.45, 7) is -0.0829. The van der Waals surface area contributed by atoms with Crippen LogP contribution in [-0.4, -0.2) is 29.5 Å². The molecule has 1 aromatic rings. The molecule has 0 radical (unpaired) electrons. The Balaban J connectivity index is 2.25. The molecule has 0 saturated carbocycles. The van der Waals surface area contributed by atoms with Crippen LogP contribution in [0.15, 0.2) is 24.3 Å².